The topological polar surface area (TPSA) is 80.1 Å². The van der Waals surface area contributed by atoms with Gasteiger partial charge >= 0.3 is 0 Å². The fraction of sp³-hybridized carbons (Fsp3) is 0.421. The van der Waals surface area contributed by atoms with Crippen molar-refractivity contribution in [3.05, 3.63) is 47.9 Å². The Morgan fingerprint density at radius 1 is 1.20 bits per heavy atom. The largest absolute Gasteiger partial charge is 0.494 e. The summed E-state index contributed by atoms with van der Waals surface area (Å²) in [6.07, 6.45) is 4.95. The van der Waals surface area contributed by atoms with Crippen LogP contribution >= 0.6 is 0 Å². The SMILES string of the molecule is CCOc1ccc(C2(CNc3nccnc3C#N)CCOCC2)cc1. The standard InChI is InChI=1S/C19H22N4O2/c1-2-25-16-5-3-15(4-6-16)19(7-11-24-12-8-19)14-23-18-17(13-20)21-9-10-22-18/h3-6,9-10H,2,7-8,11-12,14H2,1H3,(H,22,23). The van der Waals surface area contributed by atoms with Crippen molar-refractivity contribution in [1.82, 2.24) is 9.97 Å². The zero-order chi connectivity index (χ0) is 17.5. The second-order valence-corrected chi connectivity index (χ2v) is 6.07. The molecule has 6 nitrogen and oxygen atoms in total. The number of benzene rings is 1. The third kappa shape index (κ3) is 3.89. The van der Waals surface area contributed by atoms with Crippen molar-refractivity contribution in [2.45, 2.75) is 25.2 Å². The Kier molecular flexibility index (Phi) is 5.46. The Balaban J connectivity index is 1.82. The Bertz CT molecular complexity index is 734. The van der Waals surface area contributed by atoms with E-state index >= 15 is 0 Å². The molecule has 1 saturated heterocycles. The van der Waals surface area contributed by atoms with Gasteiger partial charge in [0, 0.05) is 37.6 Å². The Morgan fingerprint density at radius 2 is 1.92 bits per heavy atom. The molecule has 0 atom stereocenters. The van der Waals surface area contributed by atoms with Gasteiger partial charge in [0.05, 0.1) is 6.61 Å². The molecule has 25 heavy (non-hydrogen) atoms. The lowest BCUT2D eigenvalue weighted by atomic mass is 9.74. The highest BCUT2D eigenvalue weighted by atomic mass is 16.5. The first kappa shape index (κ1) is 17.2. The van der Waals surface area contributed by atoms with Gasteiger partial charge < -0.3 is 14.8 Å². The van der Waals surface area contributed by atoms with Gasteiger partial charge in [-0.05, 0) is 37.5 Å². The Hall–Kier alpha value is -2.65. The van der Waals surface area contributed by atoms with Crippen LogP contribution in [0.2, 0.25) is 0 Å². The van der Waals surface area contributed by atoms with Gasteiger partial charge in [0.15, 0.2) is 11.5 Å². The molecule has 0 radical (unpaired) electrons. The molecule has 0 unspecified atom stereocenters. The highest BCUT2D eigenvalue weighted by Crippen LogP contribution is 2.36. The molecule has 3 rings (SSSR count). The summed E-state index contributed by atoms with van der Waals surface area (Å²) < 4.78 is 11.1. The van der Waals surface area contributed by atoms with E-state index in [1.165, 1.54) is 11.8 Å². The summed E-state index contributed by atoms with van der Waals surface area (Å²) in [7, 11) is 0. The van der Waals surface area contributed by atoms with Crippen LogP contribution in [-0.2, 0) is 10.2 Å². The van der Waals surface area contributed by atoms with Gasteiger partial charge in [-0.25, -0.2) is 9.97 Å². The number of rotatable bonds is 6. The van der Waals surface area contributed by atoms with E-state index in [1.54, 1.807) is 6.20 Å². The van der Waals surface area contributed by atoms with Crippen molar-refractivity contribution in [2.24, 2.45) is 0 Å². The lowest BCUT2D eigenvalue weighted by Crippen LogP contribution is -2.40. The van der Waals surface area contributed by atoms with E-state index in [-0.39, 0.29) is 5.41 Å². The minimum Gasteiger partial charge on any atom is -0.494 e. The third-order valence-corrected chi connectivity index (χ3v) is 4.63. The molecule has 0 aliphatic carbocycles. The minimum atomic E-state index is -0.0623. The summed E-state index contributed by atoms with van der Waals surface area (Å²) >= 11 is 0. The Morgan fingerprint density at radius 3 is 2.60 bits per heavy atom. The summed E-state index contributed by atoms with van der Waals surface area (Å²) in [5.74, 6) is 1.41. The summed E-state index contributed by atoms with van der Waals surface area (Å²) in [6, 6.07) is 10.4. The van der Waals surface area contributed by atoms with E-state index in [1.807, 2.05) is 19.1 Å². The maximum atomic E-state index is 9.19. The van der Waals surface area contributed by atoms with Crippen LogP contribution in [0.3, 0.4) is 0 Å². The number of nitrogens with zero attached hydrogens (tertiary/aromatic N) is 3. The molecular formula is C19H22N4O2. The quantitative estimate of drug-likeness (QED) is 0.872. The van der Waals surface area contributed by atoms with Crippen molar-refractivity contribution < 1.29 is 9.47 Å². The number of hydrogen-bond acceptors (Lipinski definition) is 6. The van der Waals surface area contributed by atoms with Crippen molar-refractivity contribution in [2.75, 3.05) is 31.7 Å². The van der Waals surface area contributed by atoms with Crippen molar-refractivity contribution in [1.29, 1.82) is 5.26 Å². The van der Waals surface area contributed by atoms with Crippen LogP contribution < -0.4 is 10.1 Å². The van der Waals surface area contributed by atoms with Crippen LogP contribution in [0.4, 0.5) is 5.82 Å². The molecule has 6 heteroatoms. The zero-order valence-corrected chi connectivity index (χ0v) is 14.4. The number of aromatic nitrogens is 2. The molecule has 0 saturated carbocycles. The highest BCUT2D eigenvalue weighted by molar-refractivity contribution is 5.47. The van der Waals surface area contributed by atoms with Crippen LogP contribution in [0, 0.1) is 11.3 Å². The first-order valence-corrected chi connectivity index (χ1v) is 8.53. The second kappa shape index (κ2) is 7.95. The average molecular weight is 338 g/mol. The van der Waals surface area contributed by atoms with Gasteiger partial charge in [-0.15, -0.1) is 0 Å². The van der Waals surface area contributed by atoms with Crippen molar-refractivity contribution in [3.8, 4) is 11.8 Å². The van der Waals surface area contributed by atoms with E-state index in [9.17, 15) is 5.26 Å². The molecule has 0 spiro atoms. The normalized spacial score (nSPS) is 16.0. The van der Waals surface area contributed by atoms with Crippen molar-refractivity contribution in [3.63, 3.8) is 0 Å². The summed E-state index contributed by atoms with van der Waals surface area (Å²) in [5.41, 5.74) is 1.50. The lowest BCUT2D eigenvalue weighted by Gasteiger charge is -2.38. The molecule has 2 aromatic rings. The Labute approximate surface area is 147 Å². The number of nitrogens with one attached hydrogen (secondary N) is 1. The molecule has 1 N–H and O–H groups in total. The molecular weight excluding hydrogens is 316 g/mol. The van der Waals surface area contributed by atoms with E-state index in [0.29, 0.717) is 24.7 Å². The minimum absolute atomic E-state index is 0.0623. The first-order chi connectivity index (χ1) is 12.3. The second-order valence-electron chi connectivity index (χ2n) is 6.07. The molecule has 130 valence electrons. The average Bonchev–Trinajstić information content (AvgIpc) is 2.68. The summed E-state index contributed by atoms with van der Waals surface area (Å²) in [4.78, 5) is 8.31. The van der Waals surface area contributed by atoms with Crippen LogP contribution in [0.1, 0.15) is 31.0 Å². The van der Waals surface area contributed by atoms with E-state index in [2.05, 4.69) is 33.5 Å². The maximum absolute atomic E-state index is 9.19. The van der Waals surface area contributed by atoms with Gasteiger partial charge in [-0.3, -0.25) is 0 Å². The van der Waals surface area contributed by atoms with Gasteiger partial charge in [-0.1, -0.05) is 12.1 Å². The molecule has 0 bridgehead atoms. The zero-order valence-electron chi connectivity index (χ0n) is 14.4. The molecule has 1 aromatic carbocycles. The number of ether oxygens (including phenoxy) is 2. The molecule has 1 aromatic heterocycles. The van der Waals surface area contributed by atoms with E-state index in [4.69, 9.17) is 9.47 Å². The van der Waals surface area contributed by atoms with Crippen LogP contribution in [-0.4, -0.2) is 36.3 Å². The van der Waals surface area contributed by atoms with E-state index < -0.39 is 0 Å². The molecule has 2 heterocycles. The first-order valence-electron chi connectivity index (χ1n) is 8.53. The van der Waals surface area contributed by atoms with E-state index in [0.717, 1.165) is 31.8 Å². The summed E-state index contributed by atoms with van der Waals surface area (Å²) in [6.45, 7) is 4.76. The fourth-order valence-electron chi connectivity index (χ4n) is 3.20. The lowest BCUT2D eigenvalue weighted by molar-refractivity contribution is 0.0543. The molecule has 1 aliphatic rings. The van der Waals surface area contributed by atoms with Crippen LogP contribution in [0.5, 0.6) is 5.75 Å². The summed E-state index contributed by atoms with van der Waals surface area (Å²) in [5, 5.41) is 12.5. The fourth-order valence-corrected chi connectivity index (χ4v) is 3.20. The molecule has 0 amide bonds. The molecule has 1 fully saturated rings. The van der Waals surface area contributed by atoms with Gasteiger partial charge in [-0.2, -0.15) is 5.26 Å². The maximum Gasteiger partial charge on any atom is 0.182 e. The van der Waals surface area contributed by atoms with Gasteiger partial charge in [0.1, 0.15) is 11.8 Å². The number of anilines is 1. The smallest absolute Gasteiger partial charge is 0.182 e. The highest BCUT2D eigenvalue weighted by Gasteiger charge is 2.34. The van der Waals surface area contributed by atoms with Crippen LogP contribution in [0.15, 0.2) is 36.7 Å². The third-order valence-electron chi connectivity index (χ3n) is 4.63. The van der Waals surface area contributed by atoms with Crippen molar-refractivity contribution >= 4 is 5.82 Å². The monoisotopic (exact) mass is 338 g/mol. The number of hydrogen-bond donors (Lipinski definition) is 1. The predicted molar refractivity (Wildman–Crippen MR) is 94.6 cm³/mol. The van der Waals surface area contributed by atoms with Gasteiger partial charge in [0.2, 0.25) is 0 Å². The predicted octanol–water partition coefficient (Wildman–Crippen LogP) is 2.91. The molecule has 1 aliphatic heterocycles. The number of nitriles is 1. The van der Waals surface area contributed by atoms with Crippen LogP contribution in [0.25, 0.3) is 0 Å². The van der Waals surface area contributed by atoms with Gasteiger partial charge in [0.25, 0.3) is 0 Å².